The fourth-order valence-corrected chi connectivity index (χ4v) is 3.79. The predicted octanol–water partition coefficient (Wildman–Crippen LogP) is 5.05. The van der Waals surface area contributed by atoms with Crippen molar-refractivity contribution in [2.24, 2.45) is 0 Å². The molecule has 0 amide bonds. The lowest BCUT2D eigenvalue weighted by Crippen LogP contribution is -2.13. The first-order valence-corrected chi connectivity index (χ1v) is 8.38. The number of halogens is 3. The molecule has 1 aromatic heterocycles. The second-order valence-corrected chi connectivity index (χ2v) is 6.80. The van der Waals surface area contributed by atoms with E-state index in [0.29, 0.717) is 25.8 Å². The molecule has 1 N–H and O–H groups in total. The highest BCUT2D eigenvalue weighted by molar-refractivity contribution is 7.12. The summed E-state index contributed by atoms with van der Waals surface area (Å²) in [7, 11) is 1.61. The van der Waals surface area contributed by atoms with Crippen molar-refractivity contribution < 1.29 is 4.74 Å². The summed E-state index contributed by atoms with van der Waals surface area (Å²) in [5.74, 6) is 0.757. The highest BCUT2D eigenvalue weighted by Crippen LogP contribution is 2.32. The summed E-state index contributed by atoms with van der Waals surface area (Å²) in [6.07, 6.45) is 0. The molecule has 1 heterocycles. The van der Waals surface area contributed by atoms with E-state index in [1.54, 1.807) is 19.2 Å². The number of rotatable bonds is 3. The van der Waals surface area contributed by atoms with Crippen LogP contribution >= 0.6 is 46.1 Å². The number of nitrogens with zero attached hydrogens (tertiary/aromatic N) is 2. The third kappa shape index (κ3) is 3.23. The van der Waals surface area contributed by atoms with Gasteiger partial charge >= 0.3 is 0 Å². The highest BCUT2D eigenvalue weighted by Gasteiger charge is 2.15. The number of hydrogen-bond donors (Lipinski definition) is 1. The summed E-state index contributed by atoms with van der Waals surface area (Å²) < 4.78 is 6.55. The number of hydrogen-bond acceptors (Lipinski definition) is 4. The van der Waals surface area contributed by atoms with Crippen LogP contribution in [0.4, 0.5) is 0 Å². The van der Waals surface area contributed by atoms with Gasteiger partial charge in [0.05, 0.1) is 17.2 Å². The smallest absolute Gasteiger partial charge is 0.205 e. The van der Waals surface area contributed by atoms with E-state index in [1.807, 2.05) is 24.3 Å². The van der Waals surface area contributed by atoms with E-state index in [-0.39, 0.29) is 4.80 Å². The maximum atomic E-state index is 8.15. The van der Waals surface area contributed by atoms with Crippen LogP contribution in [0.5, 0.6) is 5.75 Å². The molecule has 118 valence electrons. The van der Waals surface area contributed by atoms with E-state index >= 15 is 0 Å². The van der Waals surface area contributed by atoms with Crippen LogP contribution in [0.3, 0.4) is 0 Å². The van der Waals surface area contributed by atoms with Gasteiger partial charge in [0.1, 0.15) is 16.4 Å². The van der Waals surface area contributed by atoms with E-state index in [4.69, 9.17) is 44.9 Å². The lowest BCUT2D eigenvalue weighted by Gasteiger charge is -2.07. The van der Waals surface area contributed by atoms with Crippen LogP contribution in [0.1, 0.15) is 0 Å². The first-order chi connectivity index (χ1) is 11.0. The molecule has 23 heavy (non-hydrogen) atoms. The second kappa shape index (κ2) is 6.53. The van der Waals surface area contributed by atoms with Crippen LogP contribution < -0.4 is 9.54 Å². The van der Waals surface area contributed by atoms with E-state index in [0.717, 1.165) is 11.3 Å². The number of aromatic nitrogens is 2. The largest absolute Gasteiger partial charge is 0.497 e. The van der Waals surface area contributed by atoms with Gasteiger partial charge < -0.3 is 4.74 Å². The third-order valence-electron chi connectivity index (χ3n) is 3.11. The standard InChI is InChI=1S/C15H10Cl3N3OS/c1-22-10-4-2-8(3-5-10)14-20-21(15(19)23-14)13-11(17)6-9(16)7-12(13)18/h2-7,19H,1H3. The molecule has 0 saturated heterocycles. The minimum Gasteiger partial charge on any atom is -0.497 e. The van der Waals surface area contributed by atoms with Crippen LogP contribution in [0.25, 0.3) is 16.3 Å². The number of ether oxygens (including phenoxy) is 1. The summed E-state index contributed by atoms with van der Waals surface area (Å²) in [5, 5.41) is 14.4. The van der Waals surface area contributed by atoms with Crippen molar-refractivity contribution in [3.63, 3.8) is 0 Å². The van der Waals surface area contributed by atoms with Gasteiger partial charge in [0, 0.05) is 10.6 Å². The quantitative estimate of drug-likeness (QED) is 0.685. The van der Waals surface area contributed by atoms with Crippen molar-refractivity contribution in [1.29, 1.82) is 5.41 Å². The Morgan fingerprint density at radius 2 is 1.70 bits per heavy atom. The molecule has 0 fully saturated rings. The van der Waals surface area contributed by atoms with Gasteiger partial charge in [0.15, 0.2) is 0 Å². The Balaban J connectivity index is 2.10. The van der Waals surface area contributed by atoms with E-state index in [2.05, 4.69) is 5.10 Å². The van der Waals surface area contributed by atoms with Crippen molar-refractivity contribution in [3.8, 4) is 22.0 Å². The Bertz CT molecular complexity index is 895. The van der Waals surface area contributed by atoms with Crippen LogP contribution in [0.2, 0.25) is 15.1 Å². The van der Waals surface area contributed by atoms with Crippen molar-refractivity contribution in [2.75, 3.05) is 7.11 Å². The molecule has 3 aromatic rings. The zero-order valence-corrected chi connectivity index (χ0v) is 14.9. The number of methoxy groups -OCH3 is 1. The van der Waals surface area contributed by atoms with Crippen molar-refractivity contribution in [2.45, 2.75) is 0 Å². The van der Waals surface area contributed by atoms with Gasteiger partial charge in [-0.05, 0) is 36.4 Å². The van der Waals surface area contributed by atoms with Gasteiger partial charge in [-0.2, -0.15) is 5.10 Å². The van der Waals surface area contributed by atoms with Gasteiger partial charge in [-0.25, -0.2) is 4.68 Å². The third-order valence-corrected chi connectivity index (χ3v) is 4.78. The van der Waals surface area contributed by atoms with E-state index in [9.17, 15) is 0 Å². The van der Waals surface area contributed by atoms with Crippen LogP contribution in [0.15, 0.2) is 36.4 Å². The molecule has 3 rings (SSSR count). The number of nitrogens with one attached hydrogen (secondary N) is 1. The molecule has 0 atom stereocenters. The van der Waals surface area contributed by atoms with Gasteiger partial charge in [0.2, 0.25) is 4.80 Å². The minimum atomic E-state index is 0.210. The Kier molecular flexibility index (Phi) is 4.64. The lowest BCUT2D eigenvalue weighted by molar-refractivity contribution is 0.415. The topological polar surface area (TPSA) is 50.9 Å². The van der Waals surface area contributed by atoms with Crippen LogP contribution in [0, 0.1) is 5.41 Å². The molecule has 0 radical (unpaired) electrons. The molecular formula is C15H10Cl3N3OS. The molecule has 0 bridgehead atoms. The van der Waals surface area contributed by atoms with Crippen molar-refractivity contribution >= 4 is 46.1 Å². The zero-order valence-electron chi connectivity index (χ0n) is 11.8. The average molecular weight is 387 g/mol. The summed E-state index contributed by atoms with van der Waals surface area (Å²) in [6, 6.07) is 10.6. The highest BCUT2D eigenvalue weighted by atomic mass is 35.5. The lowest BCUT2D eigenvalue weighted by atomic mass is 10.2. The zero-order chi connectivity index (χ0) is 16.6. The maximum absolute atomic E-state index is 8.15. The van der Waals surface area contributed by atoms with Crippen molar-refractivity contribution in [3.05, 3.63) is 56.3 Å². The van der Waals surface area contributed by atoms with Gasteiger partial charge in [-0.1, -0.05) is 46.1 Å². The van der Waals surface area contributed by atoms with Gasteiger partial charge in [-0.15, -0.1) is 0 Å². The second-order valence-electron chi connectivity index (χ2n) is 4.57. The molecular weight excluding hydrogens is 377 g/mol. The molecule has 0 aliphatic heterocycles. The Morgan fingerprint density at radius 1 is 1.09 bits per heavy atom. The Morgan fingerprint density at radius 3 is 2.26 bits per heavy atom. The molecule has 2 aromatic carbocycles. The van der Waals surface area contributed by atoms with Crippen LogP contribution in [-0.4, -0.2) is 16.9 Å². The maximum Gasteiger partial charge on any atom is 0.205 e. The Labute approximate surface area is 151 Å². The fraction of sp³-hybridized carbons (Fsp3) is 0.0667. The normalized spacial score (nSPS) is 10.8. The van der Waals surface area contributed by atoms with Gasteiger partial charge in [-0.3, -0.25) is 5.41 Å². The first kappa shape index (κ1) is 16.3. The van der Waals surface area contributed by atoms with E-state index in [1.165, 1.54) is 16.0 Å². The molecule has 0 saturated carbocycles. The van der Waals surface area contributed by atoms with E-state index < -0.39 is 0 Å². The molecule has 0 unspecified atom stereocenters. The first-order valence-electron chi connectivity index (χ1n) is 6.43. The van der Waals surface area contributed by atoms with Crippen molar-refractivity contribution in [1.82, 2.24) is 9.78 Å². The summed E-state index contributed by atoms with van der Waals surface area (Å²) in [4.78, 5) is 0.210. The van der Waals surface area contributed by atoms with Gasteiger partial charge in [0.25, 0.3) is 0 Å². The minimum absolute atomic E-state index is 0.210. The molecule has 0 aliphatic carbocycles. The Hall–Kier alpha value is -1.53. The SMILES string of the molecule is COc1ccc(-c2nn(-c3c(Cl)cc(Cl)cc3Cl)c(=N)s2)cc1. The predicted molar refractivity (Wildman–Crippen MR) is 94.3 cm³/mol. The summed E-state index contributed by atoms with van der Waals surface area (Å²) in [6.45, 7) is 0. The molecule has 0 aliphatic rings. The monoisotopic (exact) mass is 385 g/mol. The number of benzene rings is 2. The molecule has 4 nitrogen and oxygen atoms in total. The average Bonchev–Trinajstić information content (AvgIpc) is 2.88. The fourth-order valence-electron chi connectivity index (χ4n) is 2.03. The van der Waals surface area contributed by atoms with Crippen LogP contribution in [-0.2, 0) is 0 Å². The summed E-state index contributed by atoms with van der Waals surface area (Å²) in [5.41, 5.74) is 1.32. The molecule has 8 heteroatoms. The molecule has 0 spiro atoms. The summed E-state index contributed by atoms with van der Waals surface area (Å²) >= 11 is 19.6.